The van der Waals surface area contributed by atoms with Crippen LogP contribution in [0.4, 0.5) is 10.6 Å². The van der Waals surface area contributed by atoms with Crippen LogP contribution in [0.5, 0.6) is 0 Å². The summed E-state index contributed by atoms with van der Waals surface area (Å²) in [6, 6.07) is 8.09. The second-order valence-corrected chi connectivity index (χ2v) is 13.2. The van der Waals surface area contributed by atoms with E-state index in [0.29, 0.717) is 24.8 Å². The Labute approximate surface area is 232 Å². The van der Waals surface area contributed by atoms with Crippen molar-refractivity contribution in [2.45, 2.75) is 81.5 Å². The van der Waals surface area contributed by atoms with Crippen molar-refractivity contribution in [2.24, 2.45) is 0 Å². The molecule has 1 aromatic heterocycles. The molecule has 38 heavy (non-hydrogen) atoms. The average Bonchev–Trinajstić information content (AvgIpc) is 3.21. The smallest absolute Gasteiger partial charge is 0.410 e. The first-order valence-corrected chi connectivity index (χ1v) is 15.1. The van der Waals surface area contributed by atoms with Gasteiger partial charge in [-0.1, -0.05) is 23.7 Å². The number of carbonyl (C=O) groups excluding carboxylic acids is 1. The van der Waals surface area contributed by atoms with Crippen LogP contribution in [-0.4, -0.2) is 63.0 Å². The number of carbonyl (C=O) groups is 1. The topological polar surface area (TPSA) is 105 Å². The summed E-state index contributed by atoms with van der Waals surface area (Å²) in [6.07, 6.45) is 5.91. The number of aromatic nitrogens is 2. The van der Waals surface area contributed by atoms with Gasteiger partial charge in [0.2, 0.25) is 0 Å². The number of benzene rings is 1. The first-order chi connectivity index (χ1) is 18.0. The van der Waals surface area contributed by atoms with E-state index < -0.39 is 22.9 Å². The second kappa shape index (κ2) is 10.2. The van der Waals surface area contributed by atoms with Gasteiger partial charge in [0, 0.05) is 53.2 Å². The highest BCUT2D eigenvalue weighted by atomic mass is 35.5. The molecule has 1 amide bonds. The van der Waals surface area contributed by atoms with Crippen molar-refractivity contribution < 1.29 is 14.1 Å². The number of hydrogen-bond acceptors (Lipinski definition) is 7. The van der Waals surface area contributed by atoms with E-state index in [2.05, 4.69) is 17.0 Å². The van der Waals surface area contributed by atoms with E-state index in [1.165, 1.54) is 11.1 Å². The van der Waals surface area contributed by atoms with E-state index in [0.717, 1.165) is 54.2 Å². The molecule has 0 radical (unpaired) electrons. The molecule has 8 nitrogen and oxygen atoms in total. The third-order valence-corrected chi connectivity index (χ3v) is 9.00. The Hall–Kier alpha value is -2.54. The highest BCUT2D eigenvalue weighted by Crippen LogP contribution is 2.50. The Bertz CT molecular complexity index is 1290. The van der Waals surface area contributed by atoms with E-state index >= 15 is 0 Å². The molecule has 202 valence electrons. The lowest BCUT2D eigenvalue weighted by Crippen LogP contribution is -2.56. The molecule has 0 saturated carbocycles. The van der Waals surface area contributed by atoms with Gasteiger partial charge in [0.05, 0.1) is 24.2 Å². The molecule has 0 bridgehead atoms. The van der Waals surface area contributed by atoms with Gasteiger partial charge in [-0.25, -0.2) is 4.79 Å². The predicted octanol–water partition coefficient (Wildman–Crippen LogP) is 4.58. The van der Waals surface area contributed by atoms with Gasteiger partial charge in [0.15, 0.2) is 0 Å². The fourth-order valence-corrected chi connectivity index (χ4v) is 6.92. The first kappa shape index (κ1) is 27.0. The molecular weight excluding hydrogens is 522 g/mol. The number of anilines is 1. The quantitative estimate of drug-likeness (QED) is 0.403. The van der Waals surface area contributed by atoms with Crippen LogP contribution in [-0.2, 0) is 40.6 Å². The number of hydrogen-bond donors (Lipinski definition) is 0. The van der Waals surface area contributed by atoms with Gasteiger partial charge < -0.3 is 19.1 Å². The fourth-order valence-electron chi connectivity index (χ4n) is 6.20. The molecule has 1 saturated heterocycles. The fraction of sp³-hybridized carbons (Fsp3) is 0.571. The molecule has 1 fully saturated rings. The maximum absolute atomic E-state index is 12.9. The number of fused-ring (bicyclic) bond motifs is 3. The van der Waals surface area contributed by atoms with Gasteiger partial charge in [0.25, 0.3) is 0 Å². The zero-order valence-corrected chi connectivity index (χ0v) is 24.0. The predicted molar refractivity (Wildman–Crippen MR) is 147 cm³/mol. The Balaban J connectivity index is 1.47. The summed E-state index contributed by atoms with van der Waals surface area (Å²) in [5, 5.41) is 10.7. The van der Waals surface area contributed by atoms with Crippen molar-refractivity contribution in [1.29, 1.82) is 5.26 Å². The van der Waals surface area contributed by atoms with E-state index in [1.807, 2.05) is 32.9 Å². The first-order valence-electron chi connectivity index (χ1n) is 13.1. The minimum absolute atomic E-state index is 0.0237. The van der Waals surface area contributed by atoms with Crippen molar-refractivity contribution in [3.8, 4) is 6.07 Å². The van der Waals surface area contributed by atoms with Gasteiger partial charge >= 0.3 is 11.2 Å². The van der Waals surface area contributed by atoms with Crippen LogP contribution in [0.15, 0.2) is 23.4 Å². The van der Waals surface area contributed by atoms with E-state index in [4.69, 9.17) is 26.3 Å². The maximum Gasteiger partial charge on any atom is 0.410 e. The lowest BCUT2D eigenvalue weighted by atomic mass is 9.69. The van der Waals surface area contributed by atoms with Crippen LogP contribution in [0.25, 0.3) is 0 Å². The molecule has 2 heterocycles. The molecule has 3 atom stereocenters. The molecule has 1 aromatic carbocycles. The third kappa shape index (κ3) is 5.06. The number of ether oxygens (including phenoxy) is 1. The number of halogens is 1. The van der Waals surface area contributed by atoms with Crippen LogP contribution < -0.4 is 4.90 Å². The maximum atomic E-state index is 12.9. The summed E-state index contributed by atoms with van der Waals surface area (Å²) < 4.78 is 18.2. The molecule has 2 aromatic rings. The summed E-state index contributed by atoms with van der Waals surface area (Å²) >= 11 is 5.19. The molecule has 1 spiro atoms. The second-order valence-electron chi connectivity index (χ2n) is 11.6. The van der Waals surface area contributed by atoms with Crippen LogP contribution in [0.1, 0.15) is 62.4 Å². The summed E-state index contributed by atoms with van der Waals surface area (Å²) in [7, 11) is 0. The largest absolute Gasteiger partial charge is 0.609 e. The summed E-state index contributed by atoms with van der Waals surface area (Å²) in [6.45, 7) is 6.93. The lowest BCUT2D eigenvalue weighted by Gasteiger charge is -2.43. The summed E-state index contributed by atoms with van der Waals surface area (Å²) in [4.78, 5) is 26.3. The van der Waals surface area contributed by atoms with Crippen molar-refractivity contribution in [3.05, 3.63) is 45.6 Å². The number of nitrogens with zero attached hydrogens (tertiary/aromatic N) is 5. The van der Waals surface area contributed by atoms with Gasteiger partial charge in [-0.15, -0.1) is 0 Å². The van der Waals surface area contributed by atoms with Crippen LogP contribution in [0.2, 0.25) is 5.02 Å². The number of amides is 1. The summed E-state index contributed by atoms with van der Waals surface area (Å²) in [5.41, 5.74) is 3.95. The van der Waals surface area contributed by atoms with Crippen molar-refractivity contribution in [3.63, 3.8) is 0 Å². The highest BCUT2D eigenvalue weighted by Gasteiger charge is 2.44. The molecule has 2 unspecified atom stereocenters. The van der Waals surface area contributed by atoms with Crippen LogP contribution >= 0.6 is 11.6 Å². The zero-order chi connectivity index (χ0) is 27.2. The Morgan fingerprint density at radius 2 is 2.00 bits per heavy atom. The Morgan fingerprint density at radius 3 is 2.68 bits per heavy atom. The van der Waals surface area contributed by atoms with E-state index in [-0.39, 0.29) is 17.9 Å². The van der Waals surface area contributed by atoms with Gasteiger partial charge in [-0.2, -0.15) is 15.2 Å². The van der Waals surface area contributed by atoms with Crippen LogP contribution in [0.3, 0.4) is 0 Å². The van der Waals surface area contributed by atoms with Gasteiger partial charge in [-0.05, 0) is 63.6 Å². The summed E-state index contributed by atoms with van der Waals surface area (Å²) in [5.74, 6) is 0.783. The molecular formula is C28H34ClN5O3S. The molecule has 10 heteroatoms. The van der Waals surface area contributed by atoms with Crippen molar-refractivity contribution in [2.75, 3.05) is 30.8 Å². The van der Waals surface area contributed by atoms with E-state index in [1.54, 1.807) is 11.2 Å². The number of nitriles is 1. The molecule has 3 aliphatic rings. The minimum atomic E-state index is -1.35. The molecule has 0 N–H and O–H groups in total. The Kier molecular flexibility index (Phi) is 7.27. The average molecular weight is 556 g/mol. The van der Waals surface area contributed by atoms with E-state index in [9.17, 15) is 14.6 Å². The SMILES string of the molecule is C[S+]([O-])c1nc2c(c(N3CCN(C(=O)OC(C)(C)C)[C@@H](CC#N)C3)n1)CCC1(CCc3c(Cl)cccc31)C2. The number of piperazine rings is 1. The molecule has 5 rings (SSSR count). The minimum Gasteiger partial charge on any atom is -0.609 e. The Morgan fingerprint density at radius 1 is 1.26 bits per heavy atom. The molecule has 1 aliphatic heterocycles. The lowest BCUT2D eigenvalue weighted by molar-refractivity contribution is 0.0144. The monoisotopic (exact) mass is 555 g/mol. The highest BCUT2D eigenvalue weighted by molar-refractivity contribution is 7.90. The van der Waals surface area contributed by atoms with Gasteiger partial charge in [0.1, 0.15) is 17.7 Å². The normalized spacial score (nSPS) is 23.6. The third-order valence-electron chi connectivity index (χ3n) is 7.95. The standard InChI is InChI=1S/C28H34ClN5O3S/c1-27(2,3)37-26(35)34-15-14-33(17-18(34)10-13-30)24-20-9-12-28(16-23(20)31-25(32-24)38(4)36)11-8-19-21(28)6-5-7-22(19)29/h5-7,18H,8-12,14-17H2,1-4H3/t18-,28?,38?/m0/s1. The van der Waals surface area contributed by atoms with Gasteiger partial charge in [-0.3, -0.25) is 0 Å². The zero-order valence-electron chi connectivity index (χ0n) is 22.4. The van der Waals surface area contributed by atoms with Crippen molar-refractivity contribution in [1.82, 2.24) is 14.9 Å². The molecule has 2 aliphatic carbocycles. The van der Waals surface area contributed by atoms with Crippen molar-refractivity contribution >= 4 is 34.7 Å². The van der Waals surface area contributed by atoms with Crippen LogP contribution in [0, 0.1) is 11.3 Å². The number of rotatable bonds is 3.